The number of fused-ring (bicyclic) bond motifs is 2. The molecule has 0 atom stereocenters. The normalized spacial score (nSPS) is 13.9. The number of hydrogen-bond donors (Lipinski definition) is 2. The number of likely N-dealkylation sites (N-methyl/N-ethyl adjacent to an activating group) is 1. The van der Waals surface area contributed by atoms with Crippen LogP contribution in [0, 0.1) is 0 Å². The summed E-state index contributed by atoms with van der Waals surface area (Å²) in [6.07, 6.45) is 1.46. The minimum absolute atomic E-state index is 0.105. The number of amides is 1. The lowest BCUT2D eigenvalue weighted by Gasteiger charge is -2.28. The molecule has 0 unspecified atom stereocenters. The highest BCUT2D eigenvalue weighted by Crippen LogP contribution is 2.26. The van der Waals surface area contributed by atoms with Gasteiger partial charge in [-0.15, -0.1) is 0 Å². The first-order valence-corrected chi connectivity index (χ1v) is 10.8. The first kappa shape index (κ1) is 21.6. The van der Waals surface area contributed by atoms with E-state index in [1.807, 2.05) is 24.3 Å². The van der Waals surface area contributed by atoms with Gasteiger partial charge in [0.2, 0.25) is 0 Å². The summed E-state index contributed by atoms with van der Waals surface area (Å²) in [5.74, 6) is 1.76. The summed E-state index contributed by atoms with van der Waals surface area (Å²) in [6, 6.07) is 9.20. The van der Waals surface area contributed by atoms with Crippen LogP contribution in [0.25, 0.3) is 16.7 Å². The highest BCUT2D eigenvalue weighted by molar-refractivity contribution is 5.85. The number of benzene rings is 1. The van der Waals surface area contributed by atoms with E-state index in [1.165, 1.54) is 17.9 Å². The second-order valence-electron chi connectivity index (χ2n) is 7.80. The van der Waals surface area contributed by atoms with Gasteiger partial charge in [-0.3, -0.25) is 9.59 Å². The third-order valence-electron chi connectivity index (χ3n) is 5.67. The van der Waals surface area contributed by atoms with Gasteiger partial charge in [0.1, 0.15) is 18.0 Å². The number of anilines is 3. The van der Waals surface area contributed by atoms with Crippen LogP contribution in [0.15, 0.2) is 41.5 Å². The van der Waals surface area contributed by atoms with E-state index >= 15 is 0 Å². The van der Waals surface area contributed by atoms with E-state index in [0.29, 0.717) is 24.8 Å². The number of nitrogens with one attached hydrogen (secondary N) is 2. The van der Waals surface area contributed by atoms with Crippen LogP contribution in [-0.4, -0.2) is 70.0 Å². The van der Waals surface area contributed by atoms with Gasteiger partial charge >= 0.3 is 0 Å². The van der Waals surface area contributed by atoms with Crippen molar-refractivity contribution in [2.24, 2.45) is 7.05 Å². The van der Waals surface area contributed by atoms with Crippen LogP contribution in [0.2, 0.25) is 0 Å². The highest BCUT2D eigenvalue weighted by atomic mass is 16.5. The molecule has 0 bridgehead atoms. The Morgan fingerprint density at radius 2 is 2.03 bits per heavy atom. The van der Waals surface area contributed by atoms with E-state index in [1.54, 1.807) is 17.6 Å². The van der Waals surface area contributed by atoms with Gasteiger partial charge < -0.3 is 29.6 Å². The molecule has 176 valence electrons. The van der Waals surface area contributed by atoms with Gasteiger partial charge in [0, 0.05) is 44.3 Å². The quantitative estimate of drug-likeness (QED) is 0.423. The molecule has 34 heavy (non-hydrogen) atoms. The van der Waals surface area contributed by atoms with Gasteiger partial charge in [0.15, 0.2) is 12.4 Å². The Hall–Kier alpha value is -4.19. The average molecular weight is 464 g/mol. The summed E-state index contributed by atoms with van der Waals surface area (Å²) >= 11 is 0. The number of morpholine rings is 1. The molecule has 2 N–H and O–H groups in total. The number of pyridine rings is 1. The van der Waals surface area contributed by atoms with Crippen LogP contribution >= 0.6 is 0 Å². The number of rotatable bonds is 6. The van der Waals surface area contributed by atoms with Crippen molar-refractivity contribution in [3.8, 4) is 5.75 Å². The third kappa shape index (κ3) is 4.10. The summed E-state index contributed by atoms with van der Waals surface area (Å²) in [4.78, 5) is 35.2. The van der Waals surface area contributed by atoms with Crippen molar-refractivity contribution in [2.75, 3.05) is 50.2 Å². The fourth-order valence-corrected chi connectivity index (χ4v) is 3.84. The lowest BCUT2D eigenvalue weighted by atomic mass is 10.2. The zero-order chi connectivity index (χ0) is 23.7. The molecule has 0 saturated carbocycles. The molecular formula is C22H24N8O4. The number of aromatic nitrogens is 5. The van der Waals surface area contributed by atoms with Gasteiger partial charge in [-0.1, -0.05) is 0 Å². The Morgan fingerprint density at radius 1 is 1.21 bits per heavy atom. The fourth-order valence-electron chi connectivity index (χ4n) is 3.84. The van der Waals surface area contributed by atoms with E-state index in [2.05, 4.69) is 30.6 Å². The number of ether oxygens (including phenoxy) is 2. The molecule has 1 amide bonds. The van der Waals surface area contributed by atoms with Crippen LogP contribution in [0.1, 0.15) is 0 Å². The van der Waals surface area contributed by atoms with Crippen molar-refractivity contribution in [1.29, 1.82) is 0 Å². The van der Waals surface area contributed by atoms with Crippen molar-refractivity contribution in [3.63, 3.8) is 0 Å². The molecule has 1 aromatic carbocycles. The number of hydrogen-bond acceptors (Lipinski definition) is 9. The van der Waals surface area contributed by atoms with Crippen molar-refractivity contribution in [1.82, 2.24) is 29.5 Å². The van der Waals surface area contributed by atoms with E-state index < -0.39 is 0 Å². The maximum absolute atomic E-state index is 12.6. The van der Waals surface area contributed by atoms with Crippen LogP contribution in [0.3, 0.4) is 0 Å². The minimum Gasteiger partial charge on any atom is -0.478 e. The first-order chi connectivity index (χ1) is 16.5. The zero-order valence-electron chi connectivity index (χ0n) is 18.8. The van der Waals surface area contributed by atoms with Gasteiger partial charge in [0.25, 0.3) is 17.2 Å². The smallest absolute Gasteiger partial charge is 0.293 e. The third-order valence-corrected chi connectivity index (χ3v) is 5.67. The SMILES string of the molecule is CNC(=O)COc1cc2cc(Nc3cc(N4CCOCC4)nc4ncnn34)ccc2n(C)c1=O. The topological polar surface area (TPSA) is 128 Å². The summed E-state index contributed by atoms with van der Waals surface area (Å²) in [6.45, 7) is 2.56. The largest absolute Gasteiger partial charge is 0.478 e. The zero-order valence-corrected chi connectivity index (χ0v) is 18.8. The predicted molar refractivity (Wildman–Crippen MR) is 126 cm³/mol. The standard InChI is InChI=1S/C22H24N8O4/c1-23-20(31)12-34-17-10-14-9-15(3-4-16(14)28(2)21(17)32)26-19-11-18(29-5-7-33-8-6-29)27-22-24-13-25-30(19)22/h3-4,9-11,13,26H,5-8,12H2,1-2H3,(H,23,31). The molecule has 1 fully saturated rings. The lowest BCUT2D eigenvalue weighted by molar-refractivity contribution is -0.122. The van der Waals surface area contributed by atoms with Crippen molar-refractivity contribution in [2.45, 2.75) is 0 Å². The molecule has 3 aromatic heterocycles. The van der Waals surface area contributed by atoms with Crippen molar-refractivity contribution in [3.05, 3.63) is 47.0 Å². The number of carbonyl (C=O) groups is 1. The molecule has 0 spiro atoms. The number of carbonyl (C=O) groups excluding carboxylic acids is 1. The summed E-state index contributed by atoms with van der Waals surface area (Å²) in [5.41, 5.74) is 1.20. The Labute approximate surface area is 194 Å². The average Bonchev–Trinajstić information content (AvgIpc) is 3.35. The molecule has 0 aliphatic carbocycles. The Balaban J connectivity index is 1.50. The van der Waals surface area contributed by atoms with Crippen molar-refractivity contribution < 1.29 is 14.3 Å². The predicted octanol–water partition coefficient (Wildman–Crippen LogP) is 0.681. The fraction of sp³-hybridized carbons (Fsp3) is 0.318. The number of aryl methyl sites for hydroxylation is 1. The maximum Gasteiger partial charge on any atom is 0.293 e. The van der Waals surface area contributed by atoms with Gasteiger partial charge in [-0.25, -0.2) is 0 Å². The molecule has 0 radical (unpaired) electrons. The Kier molecular flexibility index (Phi) is 5.72. The van der Waals surface area contributed by atoms with Crippen LogP contribution in [0.4, 0.5) is 17.3 Å². The van der Waals surface area contributed by atoms with Crippen LogP contribution < -0.4 is 25.8 Å². The van der Waals surface area contributed by atoms with E-state index in [9.17, 15) is 9.59 Å². The summed E-state index contributed by atoms with van der Waals surface area (Å²) < 4.78 is 14.0. The molecule has 4 heterocycles. The van der Waals surface area contributed by atoms with Crippen molar-refractivity contribution >= 4 is 39.9 Å². The van der Waals surface area contributed by atoms with Gasteiger partial charge in [0.05, 0.1) is 18.7 Å². The maximum atomic E-state index is 12.6. The highest BCUT2D eigenvalue weighted by Gasteiger charge is 2.17. The lowest BCUT2D eigenvalue weighted by Crippen LogP contribution is -2.36. The molecular weight excluding hydrogens is 440 g/mol. The molecule has 5 rings (SSSR count). The van der Waals surface area contributed by atoms with Gasteiger partial charge in [-0.05, 0) is 24.3 Å². The second-order valence-corrected chi connectivity index (χ2v) is 7.80. The van der Waals surface area contributed by atoms with E-state index in [4.69, 9.17) is 9.47 Å². The van der Waals surface area contributed by atoms with E-state index in [0.717, 1.165) is 35.5 Å². The minimum atomic E-state index is -0.317. The monoisotopic (exact) mass is 464 g/mol. The molecule has 12 nitrogen and oxygen atoms in total. The van der Waals surface area contributed by atoms with Crippen LogP contribution in [0.5, 0.6) is 5.75 Å². The van der Waals surface area contributed by atoms with Crippen LogP contribution in [-0.2, 0) is 16.6 Å². The Morgan fingerprint density at radius 3 is 2.82 bits per heavy atom. The summed E-state index contributed by atoms with van der Waals surface area (Å²) in [7, 11) is 3.18. The molecule has 1 aliphatic heterocycles. The number of nitrogens with zero attached hydrogens (tertiary/aromatic N) is 6. The van der Waals surface area contributed by atoms with Gasteiger partial charge in [-0.2, -0.15) is 19.6 Å². The van der Waals surface area contributed by atoms with E-state index in [-0.39, 0.29) is 23.8 Å². The molecule has 1 aliphatic rings. The first-order valence-electron chi connectivity index (χ1n) is 10.8. The molecule has 1 saturated heterocycles. The second kappa shape index (κ2) is 8.98. The Bertz CT molecular complexity index is 1420. The molecule has 12 heteroatoms. The molecule has 4 aromatic rings. The summed E-state index contributed by atoms with van der Waals surface area (Å²) in [5, 5.41) is 10.9.